The number of benzene rings is 1. The fraction of sp³-hybridized carbons (Fsp3) is 0.571. The van der Waals surface area contributed by atoms with E-state index in [2.05, 4.69) is 11.6 Å². The SMILES string of the molecule is CCCc1ccc(S(=O)(=O)NC(C)(C)CCN)cc1. The summed E-state index contributed by atoms with van der Waals surface area (Å²) in [5.41, 5.74) is 6.11. The second-order valence-corrected chi connectivity index (χ2v) is 7.10. The van der Waals surface area contributed by atoms with E-state index in [1.807, 2.05) is 26.0 Å². The second-order valence-electron chi connectivity index (χ2n) is 5.42. The lowest BCUT2D eigenvalue weighted by molar-refractivity contribution is 0.428. The molecule has 5 heteroatoms. The van der Waals surface area contributed by atoms with Crippen molar-refractivity contribution < 1.29 is 8.42 Å². The van der Waals surface area contributed by atoms with Gasteiger partial charge in [0.2, 0.25) is 10.0 Å². The third-order valence-electron chi connectivity index (χ3n) is 2.95. The molecule has 0 saturated heterocycles. The molecule has 0 aliphatic heterocycles. The molecule has 0 bridgehead atoms. The van der Waals surface area contributed by atoms with Gasteiger partial charge < -0.3 is 5.73 Å². The van der Waals surface area contributed by atoms with E-state index in [-0.39, 0.29) is 0 Å². The lowest BCUT2D eigenvalue weighted by Gasteiger charge is -2.25. The first-order chi connectivity index (χ1) is 8.80. The molecular weight excluding hydrogens is 260 g/mol. The summed E-state index contributed by atoms with van der Waals surface area (Å²) in [6, 6.07) is 7.06. The predicted octanol–water partition coefficient (Wildman–Crippen LogP) is 2.04. The van der Waals surface area contributed by atoms with E-state index in [1.165, 1.54) is 0 Å². The minimum Gasteiger partial charge on any atom is -0.330 e. The molecule has 1 aromatic rings. The molecule has 0 unspecified atom stereocenters. The van der Waals surface area contributed by atoms with Crippen molar-refractivity contribution in [2.24, 2.45) is 5.73 Å². The van der Waals surface area contributed by atoms with Crippen molar-refractivity contribution in [1.29, 1.82) is 0 Å². The number of aryl methyl sites for hydroxylation is 1. The van der Waals surface area contributed by atoms with Crippen molar-refractivity contribution in [3.05, 3.63) is 29.8 Å². The monoisotopic (exact) mass is 284 g/mol. The Hall–Kier alpha value is -0.910. The summed E-state index contributed by atoms with van der Waals surface area (Å²) >= 11 is 0. The van der Waals surface area contributed by atoms with E-state index in [4.69, 9.17) is 5.73 Å². The van der Waals surface area contributed by atoms with Crippen molar-refractivity contribution in [3.63, 3.8) is 0 Å². The molecule has 0 heterocycles. The van der Waals surface area contributed by atoms with Crippen LogP contribution < -0.4 is 10.5 Å². The number of nitrogens with one attached hydrogen (secondary N) is 1. The molecule has 0 atom stereocenters. The molecule has 108 valence electrons. The van der Waals surface area contributed by atoms with Gasteiger partial charge in [0.1, 0.15) is 0 Å². The quantitative estimate of drug-likeness (QED) is 0.805. The molecule has 0 radical (unpaired) electrons. The Morgan fingerprint density at radius 3 is 2.26 bits per heavy atom. The average Bonchev–Trinajstić information content (AvgIpc) is 2.28. The number of sulfonamides is 1. The topological polar surface area (TPSA) is 72.2 Å². The van der Waals surface area contributed by atoms with Gasteiger partial charge in [-0.1, -0.05) is 25.5 Å². The van der Waals surface area contributed by atoms with Crippen LogP contribution in [0.4, 0.5) is 0 Å². The van der Waals surface area contributed by atoms with Crippen molar-refractivity contribution in [1.82, 2.24) is 4.72 Å². The van der Waals surface area contributed by atoms with Crippen LogP contribution in [0.25, 0.3) is 0 Å². The third kappa shape index (κ3) is 4.93. The highest BCUT2D eigenvalue weighted by Crippen LogP contribution is 2.16. The molecule has 0 saturated carbocycles. The molecule has 0 spiro atoms. The average molecular weight is 284 g/mol. The van der Waals surface area contributed by atoms with Crippen LogP contribution >= 0.6 is 0 Å². The highest BCUT2D eigenvalue weighted by Gasteiger charge is 2.25. The zero-order valence-corrected chi connectivity index (χ0v) is 12.8. The lowest BCUT2D eigenvalue weighted by Crippen LogP contribution is -2.44. The van der Waals surface area contributed by atoms with Crippen molar-refractivity contribution >= 4 is 10.0 Å². The molecule has 4 nitrogen and oxygen atoms in total. The van der Waals surface area contributed by atoms with Crippen LogP contribution in [0.3, 0.4) is 0 Å². The van der Waals surface area contributed by atoms with Crippen LogP contribution in [0.2, 0.25) is 0 Å². The van der Waals surface area contributed by atoms with Crippen LogP contribution in [0, 0.1) is 0 Å². The Morgan fingerprint density at radius 1 is 1.21 bits per heavy atom. The summed E-state index contributed by atoms with van der Waals surface area (Å²) in [4.78, 5) is 0.303. The minimum absolute atomic E-state index is 0.303. The fourth-order valence-electron chi connectivity index (χ4n) is 1.96. The summed E-state index contributed by atoms with van der Waals surface area (Å²) < 4.78 is 27.2. The standard InChI is InChI=1S/C14H24N2O2S/c1-4-5-12-6-8-13(9-7-12)19(17,18)16-14(2,3)10-11-15/h6-9,16H,4-5,10-11,15H2,1-3H3. The molecule has 0 aromatic heterocycles. The molecule has 3 N–H and O–H groups in total. The maximum absolute atomic E-state index is 12.2. The summed E-state index contributed by atoms with van der Waals surface area (Å²) in [6.45, 7) is 6.22. The molecule has 19 heavy (non-hydrogen) atoms. The van der Waals surface area contributed by atoms with Gasteiger partial charge in [-0.15, -0.1) is 0 Å². The van der Waals surface area contributed by atoms with Crippen molar-refractivity contribution in [3.8, 4) is 0 Å². The van der Waals surface area contributed by atoms with E-state index in [0.717, 1.165) is 18.4 Å². The van der Waals surface area contributed by atoms with Crippen LogP contribution in [0.1, 0.15) is 39.2 Å². The molecule has 0 amide bonds. The van der Waals surface area contributed by atoms with E-state index in [9.17, 15) is 8.42 Å². The van der Waals surface area contributed by atoms with Gasteiger partial charge in [-0.05, 0) is 50.9 Å². The van der Waals surface area contributed by atoms with Gasteiger partial charge in [0.05, 0.1) is 4.90 Å². The van der Waals surface area contributed by atoms with Crippen molar-refractivity contribution in [2.45, 2.75) is 50.5 Å². The highest BCUT2D eigenvalue weighted by molar-refractivity contribution is 7.89. The van der Waals surface area contributed by atoms with Gasteiger partial charge in [0.25, 0.3) is 0 Å². The van der Waals surface area contributed by atoms with Crippen LogP contribution in [0.15, 0.2) is 29.2 Å². The Bertz CT molecular complexity index is 493. The van der Waals surface area contributed by atoms with Crippen molar-refractivity contribution in [2.75, 3.05) is 6.54 Å². The number of nitrogens with two attached hydrogens (primary N) is 1. The third-order valence-corrected chi connectivity index (χ3v) is 4.67. The van der Waals surface area contributed by atoms with Crippen LogP contribution in [-0.2, 0) is 16.4 Å². The zero-order chi connectivity index (χ0) is 14.5. The molecule has 1 rings (SSSR count). The molecule has 0 aliphatic carbocycles. The van der Waals surface area contributed by atoms with Gasteiger partial charge >= 0.3 is 0 Å². The van der Waals surface area contributed by atoms with Gasteiger partial charge in [-0.3, -0.25) is 0 Å². The first kappa shape index (κ1) is 16.1. The maximum Gasteiger partial charge on any atom is 0.241 e. The molecule has 1 aromatic carbocycles. The van der Waals surface area contributed by atoms with E-state index in [1.54, 1.807) is 12.1 Å². The van der Waals surface area contributed by atoms with Crippen LogP contribution in [-0.4, -0.2) is 20.5 Å². The Labute approximate surface area is 116 Å². The molecule has 0 fully saturated rings. The van der Waals surface area contributed by atoms with Gasteiger partial charge in [-0.2, -0.15) is 0 Å². The van der Waals surface area contributed by atoms with E-state index < -0.39 is 15.6 Å². The van der Waals surface area contributed by atoms with Crippen LogP contribution in [0.5, 0.6) is 0 Å². The summed E-state index contributed by atoms with van der Waals surface area (Å²) in [6.07, 6.45) is 2.61. The van der Waals surface area contributed by atoms with Gasteiger partial charge in [0.15, 0.2) is 0 Å². The smallest absolute Gasteiger partial charge is 0.241 e. The Balaban J connectivity index is 2.88. The van der Waals surface area contributed by atoms with E-state index >= 15 is 0 Å². The fourth-order valence-corrected chi connectivity index (χ4v) is 3.40. The number of rotatable bonds is 7. The Morgan fingerprint density at radius 2 is 1.79 bits per heavy atom. The van der Waals surface area contributed by atoms with Gasteiger partial charge in [-0.25, -0.2) is 13.1 Å². The first-order valence-corrected chi connectivity index (χ1v) is 8.12. The lowest BCUT2D eigenvalue weighted by atomic mass is 10.0. The highest BCUT2D eigenvalue weighted by atomic mass is 32.2. The predicted molar refractivity (Wildman–Crippen MR) is 78.5 cm³/mol. The summed E-state index contributed by atoms with van der Waals surface area (Å²) in [7, 11) is -3.48. The summed E-state index contributed by atoms with van der Waals surface area (Å²) in [5.74, 6) is 0. The molecular formula is C14H24N2O2S. The second kappa shape index (κ2) is 6.50. The largest absolute Gasteiger partial charge is 0.330 e. The minimum atomic E-state index is -3.48. The first-order valence-electron chi connectivity index (χ1n) is 6.64. The Kier molecular flexibility index (Phi) is 5.52. The summed E-state index contributed by atoms with van der Waals surface area (Å²) in [5, 5.41) is 0. The zero-order valence-electron chi connectivity index (χ0n) is 11.9. The number of hydrogen-bond donors (Lipinski definition) is 2. The molecule has 0 aliphatic rings. The normalized spacial score (nSPS) is 12.6. The maximum atomic E-state index is 12.2. The van der Waals surface area contributed by atoms with Gasteiger partial charge in [0, 0.05) is 5.54 Å². The number of hydrogen-bond acceptors (Lipinski definition) is 3. The van der Waals surface area contributed by atoms with E-state index in [0.29, 0.717) is 17.9 Å².